The van der Waals surface area contributed by atoms with Gasteiger partial charge in [0.25, 0.3) is 0 Å². The first-order valence-corrected chi connectivity index (χ1v) is 5.84. The highest BCUT2D eigenvalue weighted by atomic mass is 16.1. The van der Waals surface area contributed by atoms with Gasteiger partial charge in [0.05, 0.1) is 0 Å². The fraction of sp³-hybridized carbons (Fsp3) is 0.400. The van der Waals surface area contributed by atoms with Crippen molar-refractivity contribution in [3.8, 4) is 0 Å². The summed E-state index contributed by atoms with van der Waals surface area (Å²) in [4.78, 5) is 14.1. The minimum atomic E-state index is -0.339. The zero-order valence-corrected chi connectivity index (χ0v) is 11.1. The maximum absolute atomic E-state index is 12.1. The molecular formula is C15H21NO. The molecule has 0 radical (unpaired) electrons. The fourth-order valence-electron chi connectivity index (χ4n) is 1.83. The standard InChI is InChI=1S/C15H21NO/c1-15(2,12-16(3)4)14(17)11-10-13-8-6-5-7-9-13/h5-11H,12H2,1-4H3/b11-10+. The molecule has 1 aromatic rings. The first-order chi connectivity index (χ1) is 7.92. The van der Waals surface area contributed by atoms with Gasteiger partial charge in [0.1, 0.15) is 0 Å². The van der Waals surface area contributed by atoms with E-state index in [9.17, 15) is 4.79 Å². The Labute approximate surface area is 104 Å². The zero-order chi connectivity index (χ0) is 12.9. The predicted octanol–water partition coefficient (Wildman–Crippen LogP) is 2.86. The highest BCUT2D eigenvalue weighted by molar-refractivity contribution is 5.97. The predicted molar refractivity (Wildman–Crippen MR) is 72.8 cm³/mol. The molecule has 1 aromatic carbocycles. The molecule has 2 heteroatoms. The molecule has 0 saturated heterocycles. The topological polar surface area (TPSA) is 20.3 Å². The van der Waals surface area contributed by atoms with E-state index in [4.69, 9.17) is 0 Å². The van der Waals surface area contributed by atoms with E-state index in [1.165, 1.54) is 0 Å². The van der Waals surface area contributed by atoms with Crippen molar-refractivity contribution >= 4 is 11.9 Å². The molecule has 0 saturated carbocycles. The summed E-state index contributed by atoms with van der Waals surface area (Å²) >= 11 is 0. The normalized spacial score (nSPS) is 12.3. The van der Waals surface area contributed by atoms with Gasteiger partial charge in [-0.3, -0.25) is 4.79 Å². The second-order valence-corrected chi connectivity index (χ2v) is 5.23. The van der Waals surface area contributed by atoms with E-state index in [0.717, 1.165) is 12.1 Å². The van der Waals surface area contributed by atoms with Gasteiger partial charge < -0.3 is 4.90 Å². The van der Waals surface area contributed by atoms with Crippen LogP contribution >= 0.6 is 0 Å². The van der Waals surface area contributed by atoms with Gasteiger partial charge >= 0.3 is 0 Å². The highest BCUT2D eigenvalue weighted by Crippen LogP contribution is 2.18. The molecule has 0 aromatic heterocycles. The molecule has 0 fully saturated rings. The van der Waals surface area contributed by atoms with Crippen LogP contribution in [-0.4, -0.2) is 31.3 Å². The minimum absolute atomic E-state index is 0.162. The summed E-state index contributed by atoms with van der Waals surface area (Å²) in [7, 11) is 3.96. The number of ketones is 1. The van der Waals surface area contributed by atoms with Crippen LogP contribution in [-0.2, 0) is 4.79 Å². The van der Waals surface area contributed by atoms with Crippen molar-refractivity contribution in [1.29, 1.82) is 0 Å². The molecule has 1 rings (SSSR count). The summed E-state index contributed by atoms with van der Waals surface area (Å²) in [5.74, 6) is 0.162. The largest absolute Gasteiger partial charge is 0.308 e. The number of nitrogens with zero attached hydrogens (tertiary/aromatic N) is 1. The Bertz CT molecular complexity index is 391. The smallest absolute Gasteiger partial charge is 0.162 e. The lowest BCUT2D eigenvalue weighted by atomic mass is 9.87. The van der Waals surface area contributed by atoms with E-state index in [1.54, 1.807) is 6.08 Å². The third-order valence-corrected chi connectivity index (χ3v) is 2.61. The maximum atomic E-state index is 12.1. The summed E-state index contributed by atoms with van der Waals surface area (Å²) in [6.07, 6.45) is 3.55. The molecule has 2 nitrogen and oxygen atoms in total. The van der Waals surface area contributed by atoms with Crippen LogP contribution < -0.4 is 0 Å². The average Bonchev–Trinajstić information content (AvgIpc) is 2.25. The molecule has 0 aliphatic rings. The summed E-state index contributed by atoms with van der Waals surface area (Å²) in [6.45, 7) is 4.71. The van der Waals surface area contributed by atoms with E-state index in [0.29, 0.717) is 0 Å². The van der Waals surface area contributed by atoms with E-state index < -0.39 is 0 Å². The zero-order valence-electron chi connectivity index (χ0n) is 11.1. The third-order valence-electron chi connectivity index (χ3n) is 2.61. The van der Waals surface area contributed by atoms with Crippen LogP contribution in [0.1, 0.15) is 19.4 Å². The fourth-order valence-corrected chi connectivity index (χ4v) is 1.83. The molecule has 0 spiro atoms. The number of benzene rings is 1. The summed E-state index contributed by atoms with van der Waals surface area (Å²) < 4.78 is 0. The molecule has 0 heterocycles. The number of allylic oxidation sites excluding steroid dienone is 1. The second kappa shape index (κ2) is 5.78. The molecule has 17 heavy (non-hydrogen) atoms. The van der Waals surface area contributed by atoms with Crippen LogP contribution in [0.2, 0.25) is 0 Å². The molecule has 0 aliphatic heterocycles. The van der Waals surface area contributed by atoms with Gasteiger partial charge in [-0.25, -0.2) is 0 Å². The van der Waals surface area contributed by atoms with Gasteiger partial charge in [-0.15, -0.1) is 0 Å². The number of rotatable bonds is 5. The van der Waals surface area contributed by atoms with Crippen molar-refractivity contribution in [3.05, 3.63) is 42.0 Å². The molecule has 0 atom stereocenters. The number of hydrogen-bond donors (Lipinski definition) is 0. The van der Waals surface area contributed by atoms with Crippen molar-refractivity contribution in [3.63, 3.8) is 0 Å². The Balaban J connectivity index is 2.69. The van der Waals surface area contributed by atoms with Crippen molar-refractivity contribution in [2.45, 2.75) is 13.8 Å². The van der Waals surface area contributed by atoms with E-state index in [-0.39, 0.29) is 11.2 Å². The van der Waals surface area contributed by atoms with Gasteiger partial charge in [0.2, 0.25) is 0 Å². The Morgan fingerprint density at radius 1 is 1.24 bits per heavy atom. The number of carbonyl (C=O) groups excluding carboxylic acids is 1. The molecule has 92 valence electrons. The Morgan fingerprint density at radius 3 is 2.35 bits per heavy atom. The molecular weight excluding hydrogens is 210 g/mol. The van der Waals surface area contributed by atoms with Crippen molar-refractivity contribution in [2.75, 3.05) is 20.6 Å². The van der Waals surface area contributed by atoms with Crippen molar-refractivity contribution < 1.29 is 4.79 Å². The third kappa shape index (κ3) is 4.53. The van der Waals surface area contributed by atoms with Gasteiger partial charge in [-0.1, -0.05) is 50.3 Å². The number of carbonyl (C=O) groups is 1. The van der Waals surface area contributed by atoms with Crippen molar-refractivity contribution in [1.82, 2.24) is 4.90 Å². The molecule has 0 N–H and O–H groups in total. The lowest BCUT2D eigenvalue weighted by Gasteiger charge is -2.25. The lowest BCUT2D eigenvalue weighted by Crippen LogP contribution is -2.34. The van der Waals surface area contributed by atoms with Crippen LogP contribution in [0.5, 0.6) is 0 Å². The summed E-state index contributed by atoms with van der Waals surface area (Å²) in [5.41, 5.74) is 0.718. The first kappa shape index (κ1) is 13.7. The van der Waals surface area contributed by atoms with E-state index >= 15 is 0 Å². The van der Waals surface area contributed by atoms with E-state index in [1.807, 2.05) is 69.3 Å². The highest BCUT2D eigenvalue weighted by Gasteiger charge is 2.25. The molecule has 0 aliphatic carbocycles. The maximum Gasteiger partial charge on any atom is 0.162 e. The number of hydrogen-bond acceptors (Lipinski definition) is 2. The summed E-state index contributed by atoms with van der Waals surface area (Å²) in [6, 6.07) is 9.88. The SMILES string of the molecule is CN(C)CC(C)(C)C(=O)/C=C/c1ccccc1. The van der Waals surface area contributed by atoms with Crippen LogP contribution in [0.15, 0.2) is 36.4 Å². The van der Waals surface area contributed by atoms with Crippen molar-refractivity contribution in [2.24, 2.45) is 5.41 Å². The van der Waals surface area contributed by atoms with Crippen LogP contribution in [0.25, 0.3) is 6.08 Å². The molecule has 0 amide bonds. The van der Waals surface area contributed by atoms with Gasteiger partial charge in [-0.2, -0.15) is 0 Å². The minimum Gasteiger partial charge on any atom is -0.308 e. The van der Waals surface area contributed by atoms with Gasteiger partial charge in [0, 0.05) is 12.0 Å². The Kier molecular flexibility index (Phi) is 4.64. The second-order valence-electron chi connectivity index (χ2n) is 5.23. The summed E-state index contributed by atoms with van der Waals surface area (Å²) in [5, 5.41) is 0. The van der Waals surface area contributed by atoms with Crippen LogP contribution in [0.4, 0.5) is 0 Å². The molecule has 0 bridgehead atoms. The van der Waals surface area contributed by atoms with Gasteiger partial charge in [-0.05, 0) is 25.7 Å². The first-order valence-electron chi connectivity index (χ1n) is 5.84. The van der Waals surface area contributed by atoms with E-state index in [2.05, 4.69) is 0 Å². The average molecular weight is 231 g/mol. The lowest BCUT2D eigenvalue weighted by molar-refractivity contribution is -0.122. The van der Waals surface area contributed by atoms with Gasteiger partial charge in [0.15, 0.2) is 5.78 Å². The Hall–Kier alpha value is -1.41. The van der Waals surface area contributed by atoms with Crippen LogP contribution in [0.3, 0.4) is 0 Å². The monoisotopic (exact) mass is 231 g/mol. The Morgan fingerprint density at radius 2 is 1.82 bits per heavy atom. The van der Waals surface area contributed by atoms with Crippen LogP contribution in [0, 0.1) is 5.41 Å². The quantitative estimate of drug-likeness (QED) is 0.726. The molecule has 0 unspecified atom stereocenters.